The Morgan fingerprint density at radius 1 is 1.46 bits per heavy atom. The first-order valence-electron chi connectivity index (χ1n) is 4.64. The minimum Gasteiger partial charge on any atom is -0.396 e. The van der Waals surface area contributed by atoms with Crippen LogP contribution in [0.25, 0.3) is 0 Å². The Labute approximate surface area is 81.5 Å². The lowest BCUT2D eigenvalue weighted by Gasteiger charge is -2.21. The Kier molecular flexibility index (Phi) is 9.51. The quantitative estimate of drug-likeness (QED) is 0.653. The molecular weight excluding hydrogens is 166 g/mol. The summed E-state index contributed by atoms with van der Waals surface area (Å²) in [7, 11) is 1.90. The number of aliphatic hydroxyl groups is 1. The Balaban J connectivity index is 0. The van der Waals surface area contributed by atoms with E-state index in [0.29, 0.717) is 0 Å². The molecule has 3 heteroatoms. The molecule has 0 aromatic carbocycles. The second-order valence-corrected chi connectivity index (χ2v) is 3.99. The molecule has 0 bridgehead atoms. The van der Waals surface area contributed by atoms with E-state index in [2.05, 4.69) is 19.2 Å². The molecule has 0 aliphatic carbocycles. The van der Waals surface area contributed by atoms with Crippen LogP contribution >= 0.6 is 0 Å². The third kappa shape index (κ3) is 14.4. The number of nitrogens with one attached hydrogen (secondary N) is 1. The maximum atomic E-state index is 9.50. The average molecular weight is 189 g/mol. The normalized spacial score (nSPS) is 10.7. The van der Waals surface area contributed by atoms with Crippen LogP contribution in [0.1, 0.15) is 34.1 Å². The van der Waals surface area contributed by atoms with Gasteiger partial charge in [0, 0.05) is 18.1 Å². The number of hydrogen-bond acceptors (Lipinski definition) is 3. The standard InChI is InChI=1S/C6H15NO.C4H8O/c1-6(2,7-3)4-5-8;1-4(2)3-5/h7-8H,4-5H2,1-3H3;3-4H,1-2H3. The molecule has 0 fully saturated rings. The fraction of sp³-hybridized carbons (Fsp3) is 0.900. The van der Waals surface area contributed by atoms with Crippen LogP contribution in [0, 0.1) is 5.92 Å². The Bertz CT molecular complexity index is 122. The van der Waals surface area contributed by atoms with E-state index in [1.807, 2.05) is 20.9 Å². The largest absolute Gasteiger partial charge is 0.396 e. The lowest BCUT2D eigenvalue weighted by atomic mass is 10.0. The van der Waals surface area contributed by atoms with E-state index in [-0.39, 0.29) is 18.1 Å². The van der Waals surface area contributed by atoms with Gasteiger partial charge < -0.3 is 15.2 Å². The molecule has 0 atom stereocenters. The van der Waals surface area contributed by atoms with E-state index in [1.54, 1.807) is 0 Å². The first-order chi connectivity index (χ1) is 5.89. The number of carbonyl (C=O) groups is 1. The molecule has 0 unspecified atom stereocenters. The summed E-state index contributed by atoms with van der Waals surface area (Å²) in [5, 5.41) is 11.6. The zero-order chi connectivity index (χ0) is 10.9. The van der Waals surface area contributed by atoms with Crippen molar-refractivity contribution in [1.82, 2.24) is 5.32 Å². The second kappa shape index (κ2) is 8.20. The topological polar surface area (TPSA) is 49.3 Å². The summed E-state index contributed by atoms with van der Waals surface area (Å²) in [6, 6.07) is 0. The van der Waals surface area contributed by atoms with Crippen molar-refractivity contribution in [3.63, 3.8) is 0 Å². The molecule has 0 saturated heterocycles. The zero-order valence-electron chi connectivity index (χ0n) is 9.42. The summed E-state index contributed by atoms with van der Waals surface area (Å²) in [4.78, 5) is 9.50. The highest BCUT2D eigenvalue weighted by Gasteiger charge is 2.11. The monoisotopic (exact) mass is 189 g/mol. The van der Waals surface area contributed by atoms with E-state index in [0.717, 1.165) is 12.7 Å². The number of aldehydes is 1. The maximum Gasteiger partial charge on any atom is 0.122 e. The van der Waals surface area contributed by atoms with Gasteiger partial charge in [-0.25, -0.2) is 0 Å². The van der Waals surface area contributed by atoms with Crippen LogP contribution in [0.2, 0.25) is 0 Å². The first-order valence-corrected chi connectivity index (χ1v) is 4.64. The Morgan fingerprint density at radius 3 is 1.92 bits per heavy atom. The van der Waals surface area contributed by atoms with Crippen molar-refractivity contribution >= 4 is 6.29 Å². The van der Waals surface area contributed by atoms with E-state index in [9.17, 15) is 4.79 Å². The van der Waals surface area contributed by atoms with Crippen LogP contribution in [0.15, 0.2) is 0 Å². The van der Waals surface area contributed by atoms with E-state index >= 15 is 0 Å². The fourth-order valence-electron chi connectivity index (χ4n) is 0.405. The lowest BCUT2D eigenvalue weighted by molar-refractivity contribution is -0.110. The Morgan fingerprint density at radius 2 is 1.85 bits per heavy atom. The van der Waals surface area contributed by atoms with Gasteiger partial charge in [-0.3, -0.25) is 0 Å². The second-order valence-electron chi connectivity index (χ2n) is 3.99. The molecule has 0 saturated carbocycles. The molecule has 3 nitrogen and oxygen atoms in total. The van der Waals surface area contributed by atoms with Crippen LogP contribution in [0.4, 0.5) is 0 Å². The predicted molar refractivity (Wildman–Crippen MR) is 55.7 cm³/mol. The molecule has 0 rings (SSSR count). The Hall–Kier alpha value is -0.410. The van der Waals surface area contributed by atoms with E-state index in [1.165, 1.54) is 0 Å². The van der Waals surface area contributed by atoms with Gasteiger partial charge in [0.15, 0.2) is 0 Å². The SMILES string of the molecule is CC(C)C=O.CNC(C)(C)CCO. The van der Waals surface area contributed by atoms with Gasteiger partial charge in [-0.1, -0.05) is 13.8 Å². The summed E-state index contributed by atoms with van der Waals surface area (Å²) in [6.07, 6.45) is 1.73. The van der Waals surface area contributed by atoms with Crippen LogP contribution in [-0.2, 0) is 4.79 Å². The summed E-state index contributed by atoms with van der Waals surface area (Å²) in [6.45, 7) is 8.08. The summed E-state index contributed by atoms with van der Waals surface area (Å²) >= 11 is 0. The average Bonchev–Trinajstić information content (AvgIpc) is 2.05. The van der Waals surface area contributed by atoms with Crippen molar-refractivity contribution in [2.24, 2.45) is 5.92 Å². The zero-order valence-corrected chi connectivity index (χ0v) is 9.42. The van der Waals surface area contributed by atoms with Crippen molar-refractivity contribution in [1.29, 1.82) is 0 Å². The van der Waals surface area contributed by atoms with Gasteiger partial charge in [-0.2, -0.15) is 0 Å². The van der Waals surface area contributed by atoms with Gasteiger partial charge >= 0.3 is 0 Å². The third-order valence-electron chi connectivity index (χ3n) is 1.69. The highest BCUT2D eigenvalue weighted by Crippen LogP contribution is 2.04. The summed E-state index contributed by atoms with van der Waals surface area (Å²) in [5.41, 5.74) is 0.0920. The minimum atomic E-state index is 0.0920. The molecule has 0 aromatic heterocycles. The third-order valence-corrected chi connectivity index (χ3v) is 1.69. The molecule has 0 aliphatic heterocycles. The minimum absolute atomic E-state index is 0.0920. The van der Waals surface area contributed by atoms with Crippen molar-refractivity contribution in [3.05, 3.63) is 0 Å². The molecule has 0 spiro atoms. The number of rotatable bonds is 4. The first kappa shape index (κ1) is 15.1. The van der Waals surface area contributed by atoms with Gasteiger partial charge in [-0.05, 0) is 27.3 Å². The lowest BCUT2D eigenvalue weighted by Crippen LogP contribution is -2.36. The molecule has 13 heavy (non-hydrogen) atoms. The number of carbonyl (C=O) groups excluding carboxylic acids is 1. The highest BCUT2D eigenvalue weighted by atomic mass is 16.3. The molecule has 0 heterocycles. The molecular formula is C10H23NO2. The predicted octanol–water partition coefficient (Wildman–Crippen LogP) is 1.21. The highest BCUT2D eigenvalue weighted by molar-refractivity contribution is 5.51. The molecule has 0 radical (unpaired) electrons. The molecule has 80 valence electrons. The number of aliphatic hydroxyl groups excluding tert-OH is 1. The summed E-state index contributed by atoms with van der Waals surface area (Å²) in [5.74, 6) is 0.204. The van der Waals surface area contributed by atoms with Crippen molar-refractivity contribution in [2.45, 2.75) is 39.7 Å². The van der Waals surface area contributed by atoms with E-state index < -0.39 is 0 Å². The van der Waals surface area contributed by atoms with Crippen LogP contribution in [-0.4, -0.2) is 30.6 Å². The van der Waals surface area contributed by atoms with Gasteiger partial charge in [-0.15, -0.1) is 0 Å². The summed E-state index contributed by atoms with van der Waals surface area (Å²) < 4.78 is 0. The van der Waals surface area contributed by atoms with Crippen molar-refractivity contribution in [3.8, 4) is 0 Å². The van der Waals surface area contributed by atoms with Gasteiger partial charge in [0.1, 0.15) is 6.29 Å². The van der Waals surface area contributed by atoms with Crippen molar-refractivity contribution < 1.29 is 9.90 Å². The fourth-order valence-corrected chi connectivity index (χ4v) is 0.405. The van der Waals surface area contributed by atoms with E-state index in [4.69, 9.17) is 5.11 Å². The number of hydrogen-bond donors (Lipinski definition) is 2. The smallest absolute Gasteiger partial charge is 0.122 e. The van der Waals surface area contributed by atoms with Gasteiger partial charge in [0.2, 0.25) is 0 Å². The van der Waals surface area contributed by atoms with Gasteiger partial charge in [0.25, 0.3) is 0 Å². The maximum absolute atomic E-state index is 9.50. The van der Waals surface area contributed by atoms with Crippen molar-refractivity contribution in [2.75, 3.05) is 13.7 Å². The van der Waals surface area contributed by atoms with Crippen LogP contribution in [0.5, 0.6) is 0 Å². The van der Waals surface area contributed by atoms with Gasteiger partial charge in [0.05, 0.1) is 0 Å². The molecule has 2 N–H and O–H groups in total. The van der Waals surface area contributed by atoms with Crippen LogP contribution in [0.3, 0.4) is 0 Å². The molecule has 0 aliphatic rings. The molecule has 0 amide bonds. The van der Waals surface area contributed by atoms with Crippen LogP contribution < -0.4 is 5.32 Å². The molecule has 0 aromatic rings.